The maximum Gasteiger partial charge on any atom is 0.0692 e. The van der Waals surface area contributed by atoms with Crippen LogP contribution in [-0.4, -0.2) is 21.5 Å². The molecular formula is C12H14Cl2N4. The lowest BCUT2D eigenvalue weighted by molar-refractivity contribution is 0.530. The molecule has 0 bridgehead atoms. The zero-order chi connectivity index (χ0) is 12.8. The van der Waals surface area contributed by atoms with Crippen molar-refractivity contribution in [3.8, 4) is 0 Å². The zero-order valence-corrected chi connectivity index (χ0v) is 11.3. The van der Waals surface area contributed by atoms with Gasteiger partial charge < -0.3 is 5.32 Å². The van der Waals surface area contributed by atoms with Crippen LogP contribution in [0.4, 0.5) is 0 Å². The number of aromatic nitrogens is 3. The van der Waals surface area contributed by atoms with Crippen LogP contribution in [-0.2, 0) is 13.1 Å². The van der Waals surface area contributed by atoms with Crippen molar-refractivity contribution in [1.29, 1.82) is 0 Å². The molecule has 0 unspecified atom stereocenters. The molecule has 1 N–H and O–H groups in total. The van der Waals surface area contributed by atoms with E-state index in [0.717, 1.165) is 31.6 Å². The molecule has 1 aromatic heterocycles. The van der Waals surface area contributed by atoms with Gasteiger partial charge in [0.15, 0.2) is 0 Å². The largest absolute Gasteiger partial charge is 0.313 e. The van der Waals surface area contributed by atoms with Gasteiger partial charge in [0.2, 0.25) is 0 Å². The van der Waals surface area contributed by atoms with Gasteiger partial charge >= 0.3 is 0 Å². The molecule has 0 fully saturated rings. The van der Waals surface area contributed by atoms with Gasteiger partial charge in [-0.15, -0.1) is 5.10 Å². The number of aryl methyl sites for hydroxylation is 1. The molecule has 4 nitrogen and oxygen atoms in total. The fraction of sp³-hybridized carbons (Fsp3) is 0.333. The third-order valence-electron chi connectivity index (χ3n) is 2.46. The number of halogens is 2. The molecule has 2 rings (SSSR count). The first-order chi connectivity index (χ1) is 8.74. The molecule has 18 heavy (non-hydrogen) atoms. The van der Waals surface area contributed by atoms with Gasteiger partial charge in [-0.3, -0.25) is 4.68 Å². The summed E-state index contributed by atoms with van der Waals surface area (Å²) in [6, 6.07) is 5.56. The fourth-order valence-corrected chi connectivity index (χ4v) is 2.24. The predicted octanol–water partition coefficient (Wildman–Crippen LogP) is 2.76. The number of nitrogens with zero attached hydrogens (tertiary/aromatic N) is 3. The Morgan fingerprint density at radius 3 is 2.61 bits per heavy atom. The summed E-state index contributed by atoms with van der Waals surface area (Å²) in [6.07, 6.45) is 4.54. The first-order valence-electron chi connectivity index (χ1n) is 5.74. The SMILES string of the molecule is Clc1cc(Cl)cc(CNCCCn2ccnn2)c1. The Morgan fingerprint density at radius 1 is 1.17 bits per heavy atom. The van der Waals surface area contributed by atoms with Crippen molar-refractivity contribution in [3.05, 3.63) is 46.2 Å². The second-order valence-corrected chi connectivity index (χ2v) is 4.85. The summed E-state index contributed by atoms with van der Waals surface area (Å²) >= 11 is 11.9. The van der Waals surface area contributed by atoms with Crippen LogP contribution >= 0.6 is 23.2 Å². The van der Waals surface area contributed by atoms with Gasteiger partial charge in [-0.2, -0.15) is 0 Å². The van der Waals surface area contributed by atoms with Crippen molar-refractivity contribution in [2.45, 2.75) is 19.5 Å². The molecule has 0 atom stereocenters. The monoisotopic (exact) mass is 284 g/mol. The maximum atomic E-state index is 5.93. The number of rotatable bonds is 6. The lowest BCUT2D eigenvalue weighted by Gasteiger charge is -2.06. The van der Waals surface area contributed by atoms with Crippen molar-refractivity contribution in [2.75, 3.05) is 6.54 Å². The summed E-state index contributed by atoms with van der Waals surface area (Å²) in [5, 5.41) is 12.3. The predicted molar refractivity (Wildman–Crippen MR) is 72.8 cm³/mol. The third-order valence-corrected chi connectivity index (χ3v) is 2.90. The summed E-state index contributed by atoms with van der Waals surface area (Å²) < 4.78 is 1.82. The summed E-state index contributed by atoms with van der Waals surface area (Å²) in [6.45, 7) is 2.53. The maximum absolute atomic E-state index is 5.93. The molecule has 0 aliphatic carbocycles. The van der Waals surface area contributed by atoms with Crippen LogP contribution in [0, 0.1) is 0 Å². The van der Waals surface area contributed by atoms with E-state index in [1.54, 1.807) is 12.3 Å². The summed E-state index contributed by atoms with van der Waals surface area (Å²) in [5.41, 5.74) is 1.09. The first kappa shape index (κ1) is 13.3. The third kappa shape index (κ3) is 4.29. The van der Waals surface area contributed by atoms with Crippen LogP contribution in [0.5, 0.6) is 0 Å². The van der Waals surface area contributed by atoms with Crippen LogP contribution < -0.4 is 5.32 Å². The second kappa shape index (κ2) is 6.73. The molecule has 96 valence electrons. The topological polar surface area (TPSA) is 42.7 Å². The van der Waals surface area contributed by atoms with E-state index in [1.165, 1.54) is 0 Å². The van der Waals surface area contributed by atoms with E-state index in [4.69, 9.17) is 23.2 Å². The highest BCUT2D eigenvalue weighted by Gasteiger charge is 1.98. The van der Waals surface area contributed by atoms with E-state index in [9.17, 15) is 0 Å². The van der Waals surface area contributed by atoms with Crippen LogP contribution in [0.25, 0.3) is 0 Å². The minimum absolute atomic E-state index is 0.668. The lowest BCUT2D eigenvalue weighted by Crippen LogP contribution is -2.16. The van der Waals surface area contributed by atoms with Crippen molar-refractivity contribution in [1.82, 2.24) is 20.3 Å². The molecule has 0 radical (unpaired) electrons. The summed E-state index contributed by atoms with van der Waals surface area (Å²) in [7, 11) is 0. The number of nitrogens with one attached hydrogen (secondary N) is 1. The van der Waals surface area contributed by atoms with Crippen LogP contribution in [0.3, 0.4) is 0 Å². The van der Waals surface area contributed by atoms with E-state index in [2.05, 4.69) is 15.6 Å². The number of hydrogen-bond acceptors (Lipinski definition) is 3. The summed E-state index contributed by atoms with van der Waals surface area (Å²) in [4.78, 5) is 0. The summed E-state index contributed by atoms with van der Waals surface area (Å²) in [5.74, 6) is 0. The van der Waals surface area contributed by atoms with Crippen molar-refractivity contribution in [2.24, 2.45) is 0 Å². The Labute approximate surface area is 116 Å². The highest BCUT2D eigenvalue weighted by atomic mass is 35.5. The van der Waals surface area contributed by atoms with Crippen LogP contribution in [0.15, 0.2) is 30.6 Å². The Kier molecular flexibility index (Phi) is 4.99. The Bertz CT molecular complexity index is 465. The normalized spacial score (nSPS) is 10.8. The van der Waals surface area contributed by atoms with Crippen molar-refractivity contribution >= 4 is 23.2 Å². The molecule has 6 heteroatoms. The minimum atomic E-state index is 0.668. The standard InChI is InChI=1S/C12H14Cl2N4/c13-11-6-10(7-12(14)8-11)9-15-2-1-4-18-5-3-16-17-18/h3,5-8,15H,1-2,4,9H2. The van der Waals surface area contributed by atoms with Gasteiger partial charge in [-0.05, 0) is 36.7 Å². The molecule has 1 heterocycles. The zero-order valence-electron chi connectivity index (χ0n) is 9.81. The van der Waals surface area contributed by atoms with E-state index in [1.807, 2.05) is 23.0 Å². The number of hydrogen-bond donors (Lipinski definition) is 1. The first-order valence-corrected chi connectivity index (χ1v) is 6.49. The Morgan fingerprint density at radius 2 is 1.94 bits per heavy atom. The van der Waals surface area contributed by atoms with Gasteiger partial charge in [0.25, 0.3) is 0 Å². The molecule has 2 aromatic rings. The Hall–Kier alpha value is -1.10. The van der Waals surface area contributed by atoms with Gasteiger partial charge in [-0.1, -0.05) is 28.4 Å². The van der Waals surface area contributed by atoms with Gasteiger partial charge in [0, 0.05) is 29.3 Å². The molecule has 0 aliphatic rings. The smallest absolute Gasteiger partial charge is 0.0692 e. The average molecular weight is 285 g/mol. The van der Waals surface area contributed by atoms with E-state index >= 15 is 0 Å². The van der Waals surface area contributed by atoms with Crippen molar-refractivity contribution in [3.63, 3.8) is 0 Å². The van der Waals surface area contributed by atoms with E-state index in [0.29, 0.717) is 10.0 Å². The minimum Gasteiger partial charge on any atom is -0.313 e. The van der Waals surface area contributed by atoms with Gasteiger partial charge in [0.1, 0.15) is 0 Å². The quantitative estimate of drug-likeness (QED) is 0.830. The molecule has 0 saturated heterocycles. The lowest BCUT2D eigenvalue weighted by atomic mass is 10.2. The molecule has 0 aliphatic heterocycles. The van der Waals surface area contributed by atoms with E-state index in [-0.39, 0.29) is 0 Å². The second-order valence-electron chi connectivity index (χ2n) is 3.97. The molecule has 1 aromatic carbocycles. The van der Waals surface area contributed by atoms with Gasteiger partial charge in [-0.25, -0.2) is 0 Å². The molecular weight excluding hydrogens is 271 g/mol. The molecule has 0 amide bonds. The van der Waals surface area contributed by atoms with Gasteiger partial charge in [0.05, 0.1) is 6.20 Å². The molecule has 0 saturated carbocycles. The van der Waals surface area contributed by atoms with E-state index < -0.39 is 0 Å². The fourth-order valence-electron chi connectivity index (χ4n) is 1.66. The number of benzene rings is 1. The average Bonchev–Trinajstić information content (AvgIpc) is 2.80. The van der Waals surface area contributed by atoms with Crippen LogP contribution in [0.1, 0.15) is 12.0 Å². The highest BCUT2D eigenvalue weighted by Crippen LogP contribution is 2.18. The van der Waals surface area contributed by atoms with Crippen LogP contribution in [0.2, 0.25) is 10.0 Å². The Balaban J connectivity index is 1.68. The highest BCUT2D eigenvalue weighted by molar-refractivity contribution is 6.34. The molecule has 0 spiro atoms. The van der Waals surface area contributed by atoms with Crippen molar-refractivity contribution < 1.29 is 0 Å².